The van der Waals surface area contributed by atoms with E-state index < -0.39 is 0 Å². The molecule has 0 amide bonds. The van der Waals surface area contributed by atoms with E-state index in [-0.39, 0.29) is 5.82 Å². The van der Waals surface area contributed by atoms with Crippen LogP contribution in [0, 0.1) is 19.7 Å². The Balaban J connectivity index is 1.70. The molecule has 7 heteroatoms. The van der Waals surface area contributed by atoms with Crippen LogP contribution in [-0.2, 0) is 18.9 Å². The van der Waals surface area contributed by atoms with Crippen LogP contribution in [0.15, 0.2) is 41.6 Å². The molecule has 0 bridgehead atoms. The van der Waals surface area contributed by atoms with Crippen LogP contribution in [0.4, 0.5) is 4.39 Å². The van der Waals surface area contributed by atoms with Gasteiger partial charge in [-0.3, -0.25) is 0 Å². The molecule has 3 rings (SSSR count). The maximum Gasteiger partial charge on any atom is 0.191 e. The molecule has 0 radical (unpaired) electrons. The minimum atomic E-state index is -0.337. The molecule has 0 aliphatic rings. The Morgan fingerprint density at radius 2 is 1.96 bits per heavy atom. The van der Waals surface area contributed by atoms with E-state index in [1.807, 2.05) is 37.5 Å². The fourth-order valence-electron chi connectivity index (χ4n) is 2.64. The lowest BCUT2D eigenvalue weighted by Gasteiger charge is -2.11. The number of aromatic nitrogens is 3. The van der Waals surface area contributed by atoms with E-state index in [0.717, 1.165) is 40.0 Å². The smallest absolute Gasteiger partial charge is 0.191 e. The summed E-state index contributed by atoms with van der Waals surface area (Å²) in [6.07, 6.45) is 0. The Kier molecular flexibility index (Phi) is 6.39. The zero-order valence-corrected chi connectivity index (χ0v) is 17.1. The van der Waals surface area contributed by atoms with Crippen molar-refractivity contribution in [3.8, 4) is 5.75 Å². The fourth-order valence-corrected chi connectivity index (χ4v) is 3.97. The van der Waals surface area contributed by atoms with Gasteiger partial charge in [0, 0.05) is 17.3 Å². The summed E-state index contributed by atoms with van der Waals surface area (Å²) >= 11 is 7.62. The molecule has 0 aliphatic heterocycles. The number of benzene rings is 2. The lowest BCUT2D eigenvalue weighted by molar-refractivity contribution is 0.286. The van der Waals surface area contributed by atoms with Gasteiger partial charge in [-0.1, -0.05) is 41.6 Å². The number of ether oxygens (including phenoxy) is 1. The van der Waals surface area contributed by atoms with Gasteiger partial charge in [-0.2, -0.15) is 0 Å². The first kappa shape index (κ1) is 19.7. The van der Waals surface area contributed by atoms with Crippen molar-refractivity contribution in [1.82, 2.24) is 14.8 Å². The van der Waals surface area contributed by atoms with Crippen LogP contribution in [0.5, 0.6) is 5.75 Å². The van der Waals surface area contributed by atoms with Crippen molar-refractivity contribution in [1.29, 1.82) is 0 Å². The monoisotopic (exact) mass is 405 g/mol. The number of hydrogen-bond acceptors (Lipinski definition) is 4. The number of thioether (sulfide) groups is 1. The number of hydrogen-bond donors (Lipinski definition) is 0. The molecule has 0 atom stereocenters. The molecular weight excluding hydrogens is 385 g/mol. The lowest BCUT2D eigenvalue weighted by Crippen LogP contribution is -2.07. The van der Waals surface area contributed by atoms with Gasteiger partial charge in [0.2, 0.25) is 0 Å². The summed E-state index contributed by atoms with van der Waals surface area (Å²) in [6.45, 7) is 7.18. The Labute approximate surface area is 167 Å². The molecule has 0 aliphatic carbocycles. The maximum absolute atomic E-state index is 13.2. The molecular formula is C20H21ClFN3OS. The molecule has 0 saturated carbocycles. The van der Waals surface area contributed by atoms with Crippen molar-refractivity contribution in [2.75, 3.05) is 0 Å². The molecule has 1 aromatic heterocycles. The van der Waals surface area contributed by atoms with Gasteiger partial charge in [0.05, 0.1) is 0 Å². The van der Waals surface area contributed by atoms with E-state index in [9.17, 15) is 4.39 Å². The van der Waals surface area contributed by atoms with Crippen LogP contribution in [0.2, 0.25) is 5.02 Å². The van der Waals surface area contributed by atoms with Crippen molar-refractivity contribution >= 4 is 23.4 Å². The highest BCUT2D eigenvalue weighted by Crippen LogP contribution is 2.27. The van der Waals surface area contributed by atoms with E-state index in [1.165, 1.54) is 23.9 Å². The lowest BCUT2D eigenvalue weighted by atomic mass is 10.1. The first-order chi connectivity index (χ1) is 13.0. The summed E-state index contributed by atoms with van der Waals surface area (Å²) in [5.74, 6) is 1.88. The van der Waals surface area contributed by atoms with Crippen LogP contribution in [-0.4, -0.2) is 14.8 Å². The van der Waals surface area contributed by atoms with E-state index in [0.29, 0.717) is 17.4 Å². The van der Waals surface area contributed by atoms with Crippen LogP contribution < -0.4 is 4.74 Å². The summed E-state index contributed by atoms with van der Waals surface area (Å²) in [7, 11) is 0. The van der Waals surface area contributed by atoms with E-state index in [2.05, 4.69) is 16.3 Å². The van der Waals surface area contributed by atoms with Gasteiger partial charge in [0.1, 0.15) is 18.2 Å². The molecule has 142 valence electrons. The average Bonchev–Trinajstić information content (AvgIpc) is 3.03. The summed E-state index contributed by atoms with van der Waals surface area (Å²) in [5.41, 5.74) is 3.10. The largest absolute Gasteiger partial charge is 0.485 e. The van der Waals surface area contributed by atoms with E-state index in [1.54, 1.807) is 6.07 Å². The number of aryl methyl sites for hydroxylation is 2. The summed E-state index contributed by atoms with van der Waals surface area (Å²) < 4.78 is 21.2. The first-order valence-electron chi connectivity index (χ1n) is 8.66. The van der Waals surface area contributed by atoms with Gasteiger partial charge >= 0.3 is 0 Å². The van der Waals surface area contributed by atoms with Crippen LogP contribution >= 0.6 is 23.4 Å². The van der Waals surface area contributed by atoms with Gasteiger partial charge in [-0.25, -0.2) is 4.39 Å². The minimum absolute atomic E-state index is 0.337. The second kappa shape index (κ2) is 8.76. The van der Waals surface area contributed by atoms with Gasteiger partial charge in [-0.15, -0.1) is 10.2 Å². The van der Waals surface area contributed by atoms with Crippen LogP contribution in [0.3, 0.4) is 0 Å². The first-order valence-corrected chi connectivity index (χ1v) is 10.0. The Morgan fingerprint density at radius 3 is 2.70 bits per heavy atom. The third-order valence-electron chi connectivity index (χ3n) is 4.18. The molecule has 0 unspecified atom stereocenters. The zero-order chi connectivity index (χ0) is 19.4. The molecule has 0 N–H and O–H groups in total. The number of nitrogens with zero attached hydrogens (tertiary/aromatic N) is 3. The molecule has 3 aromatic rings. The zero-order valence-electron chi connectivity index (χ0n) is 15.5. The topological polar surface area (TPSA) is 39.9 Å². The molecule has 27 heavy (non-hydrogen) atoms. The normalized spacial score (nSPS) is 11.0. The van der Waals surface area contributed by atoms with Crippen molar-refractivity contribution in [2.24, 2.45) is 0 Å². The van der Waals surface area contributed by atoms with Gasteiger partial charge in [-0.05, 0) is 55.7 Å². The molecule has 0 fully saturated rings. The van der Waals surface area contributed by atoms with E-state index >= 15 is 0 Å². The van der Waals surface area contributed by atoms with Crippen molar-refractivity contribution in [2.45, 2.75) is 44.8 Å². The quantitative estimate of drug-likeness (QED) is 0.481. The van der Waals surface area contributed by atoms with E-state index in [4.69, 9.17) is 16.3 Å². The average molecular weight is 406 g/mol. The highest BCUT2D eigenvalue weighted by Gasteiger charge is 2.13. The van der Waals surface area contributed by atoms with Crippen molar-refractivity contribution < 1.29 is 9.13 Å². The molecule has 0 saturated heterocycles. The van der Waals surface area contributed by atoms with Gasteiger partial charge in [0.15, 0.2) is 11.0 Å². The SMILES string of the molecule is CCn1c(COc2cc(C)ccc2C)nnc1SCc1ccc(F)cc1Cl. The van der Waals surface area contributed by atoms with Crippen molar-refractivity contribution in [3.05, 3.63) is 69.8 Å². The summed E-state index contributed by atoms with van der Waals surface area (Å²) in [6, 6.07) is 10.6. The minimum Gasteiger partial charge on any atom is -0.485 e. The second-order valence-electron chi connectivity index (χ2n) is 6.23. The van der Waals surface area contributed by atoms with Gasteiger partial charge in [0.25, 0.3) is 0 Å². The third kappa shape index (κ3) is 4.82. The second-order valence-corrected chi connectivity index (χ2v) is 7.57. The predicted molar refractivity (Wildman–Crippen MR) is 107 cm³/mol. The molecule has 4 nitrogen and oxygen atoms in total. The molecule has 2 aromatic carbocycles. The van der Waals surface area contributed by atoms with Crippen molar-refractivity contribution in [3.63, 3.8) is 0 Å². The third-order valence-corrected chi connectivity index (χ3v) is 5.55. The molecule has 1 heterocycles. The molecule has 0 spiro atoms. The Morgan fingerprint density at radius 1 is 1.15 bits per heavy atom. The number of halogens is 2. The Bertz CT molecular complexity index is 945. The maximum atomic E-state index is 13.2. The number of rotatable bonds is 7. The fraction of sp³-hybridized carbons (Fsp3) is 0.300. The standard InChI is InChI=1S/C20H21ClFN3OS/c1-4-25-19(11-26-18-9-13(2)5-6-14(18)3)23-24-20(25)27-12-15-7-8-16(22)10-17(15)21/h5-10H,4,11-12H2,1-3H3. The summed E-state index contributed by atoms with van der Waals surface area (Å²) in [4.78, 5) is 0. The highest BCUT2D eigenvalue weighted by atomic mass is 35.5. The summed E-state index contributed by atoms with van der Waals surface area (Å²) in [5, 5.41) is 9.77. The highest BCUT2D eigenvalue weighted by molar-refractivity contribution is 7.98. The predicted octanol–water partition coefficient (Wildman–Crippen LogP) is 5.58. The Hall–Kier alpha value is -2.05. The van der Waals surface area contributed by atoms with Crippen LogP contribution in [0.1, 0.15) is 29.4 Å². The van der Waals surface area contributed by atoms with Crippen LogP contribution in [0.25, 0.3) is 0 Å². The van der Waals surface area contributed by atoms with Gasteiger partial charge < -0.3 is 9.30 Å².